The zero-order valence-corrected chi connectivity index (χ0v) is 20.2. The summed E-state index contributed by atoms with van der Waals surface area (Å²) < 4.78 is 27.2. The fourth-order valence-corrected chi connectivity index (χ4v) is 3.90. The van der Waals surface area contributed by atoms with E-state index in [1.807, 2.05) is 38.1 Å². The summed E-state index contributed by atoms with van der Waals surface area (Å²) in [6.07, 6.45) is 0.342. The average Bonchev–Trinajstić information content (AvgIpc) is 2.83. The lowest BCUT2D eigenvalue weighted by molar-refractivity contribution is -0.150. The van der Waals surface area contributed by atoms with Crippen LogP contribution in [0.2, 0.25) is 0 Å². The van der Waals surface area contributed by atoms with E-state index in [4.69, 9.17) is 29.1 Å². The molecule has 2 aromatic rings. The molecule has 1 N–H and O–H groups in total. The van der Waals surface area contributed by atoms with Gasteiger partial charge in [-0.15, -0.1) is 0 Å². The number of carbonyl (C=O) groups is 2. The summed E-state index contributed by atoms with van der Waals surface area (Å²) in [5, 5.41) is 8.35. The van der Waals surface area contributed by atoms with Crippen molar-refractivity contribution in [2.24, 2.45) is 5.92 Å². The van der Waals surface area contributed by atoms with Crippen LogP contribution in [0.3, 0.4) is 0 Å². The van der Waals surface area contributed by atoms with Crippen molar-refractivity contribution < 1.29 is 33.3 Å². The summed E-state index contributed by atoms with van der Waals surface area (Å²) in [4.78, 5) is 25.5. The average molecular weight is 470 g/mol. The van der Waals surface area contributed by atoms with Crippen LogP contribution in [0.25, 0.3) is 11.1 Å². The highest BCUT2D eigenvalue weighted by molar-refractivity contribution is 6.00. The molecule has 0 fully saturated rings. The second-order valence-electron chi connectivity index (χ2n) is 8.07. The Labute approximate surface area is 199 Å². The van der Waals surface area contributed by atoms with E-state index >= 15 is 0 Å². The molecule has 0 bridgehead atoms. The van der Waals surface area contributed by atoms with Gasteiger partial charge in [0.25, 0.3) is 0 Å². The summed E-state index contributed by atoms with van der Waals surface area (Å²) >= 11 is 0. The van der Waals surface area contributed by atoms with Crippen LogP contribution in [0, 0.1) is 11.3 Å². The Kier molecular flexibility index (Phi) is 8.15. The van der Waals surface area contributed by atoms with Gasteiger partial charge in [-0.25, -0.2) is 0 Å². The Bertz CT molecular complexity index is 1040. The summed E-state index contributed by atoms with van der Waals surface area (Å²) in [6, 6.07) is 11.0. The van der Waals surface area contributed by atoms with E-state index in [-0.39, 0.29) is 25.0 Å². The van der Waals surface area contributed by atoms with Crippen LogP contribution < -0.4 is 14.2 Å². The van der Waals surface area contributed by atoms with Crippen molar-refractivity contribution in [3.63, 3.8) is 0 Å². The Balaban J connectivity index is 2.07. The summed E-state index contributed by atoms with van der Waals surface area (Å²) in [5.74, 6) is -1.33. The maximum absolute atomic E-state index is 12.8. The number of carbonyl (C=O) groups excluding carboxylic acids is 2. The topological polar surface area (TPSA) is 104 Å². The van der Waals surface area contributed by atoms with Crippen LogP contribution in [-0.4, -0.2) is 44.8 Å². The van der Waals surface area contributed by atoms with Gasteiger partial charge in [0, 0.05) is 17.5 Å². The number of rotatable bonds is 9. The number of ether oxygens (including phenoxy) is 5. The van der Waals surface area contributed by atoms with Gasteiger partial charge < -0.3 is 23.7 Å². The third kappa shape index (κ3) is 5.50. The first-order valence-corrected chi connectivity index (χ1v) is 11.3. The van der Waals surface area contributed by atoms with Gasteiger partial charge in [-0.3, -0.25) is 15.0 Å². The van der Waals surface area contributed by atoms with Crippen LogP contribution in [0.4, 0.5) is 0 Å². The van der Waals surface area contributed by atoms with Crippen LogP contribution in [-0.2, 0) is 19.1 Å². The molecule has 3 rings (SSSR count). The summed E-state index contributed by atoms with van der Waals surface area (Å²) in [6.45, 7) is 5.59. The van der Waals surface area contributed by atoms with E-state index in [9.17, 15) is 9.59 Å². The summed E-state index contributed by atoms with van der Waals surface area (Å²) in [5.41, 5.74) is 2.28. The van der Waals surface area contributed by atoms with Gasteiger partial charge in [-0.05, 0) is 55.7 Å². The lowest BCUT2D eigenvalue weighted by Crippen LogP contribution is -2.39. The van der Waals surface area contributed by atoms with Crippen molar-refractivity contribution in [3.05, 3.63) is 42.0 Å². The summed E-state index contributed by atoms with van der Waals surface area (Å²) in [7, 11) is 3.15. The van der Waals surface area contributed by atoms with E-state index in [2.05, 4.69) is 0 Å². The van der Waals surface area contributed by atoms with Crippen molar-refractivity contribution in [3.8, 4) is 28.4 Å². The fraction of sp³-hybridized carbons (Fsp3) is 0.423. The minimum Gasteiger partial charge on any atom is -0.497 e. The molecular formula is C26H31NO7. The third-order valence-corrected chi connectivity index (χ3v) is 5.83. The number of methoxy groups -OCH3 is 2. The van der Waals surface area contributed by atoms with E-state index in [1.165, 1.54) is 0 Å². The van der Waals surface area contributed by atoms with Crippen molar-refractivity contribution in [2.45, 2.75) is 45.6 Å². The Hall–Kier alpha value is -3.55. The van der Waals surface area contributed by atoms with Crippen molar-refractivity contribution in [2.75, 3.05) is 20.8 Å². The van der Waals surface area contributed by atoms with Crippen molar-refractivity contribution in [1.82, 2.24) is 0 Å². The number of hydrogen-bond acceptors (Lipinski definition) is 8. The Morgan fingerprint density at radius 2 is 1.71 bits per heavy atom. The van der Waals surface area contributed by atoms with Crippen LogP contribution in [0.15, 0.2) is 36.4 Å². The van der Waals surface area contributed by atoms with Gasteiger partial charge in [0.2, 0.25) is 5.90 Å². The van der Waals surface area contributed by atoms with E-state index in [1.54, 1.807) is 33.3 Å². The third-order valence-electron chi connectivity index (χ3n) is 5.83. The Morgan fingerprint density at radius 1 is 1.03 bits per heavy atom. The number of benzene rings is 2. The predicted molar refractivity (Wildman–Crippen MR) is 127 cm³/mol. The molecule has 8 nitrogen and oxygen atoms in total. The van der Waals surface area contributed by atoms with Crippen molar-refractivity contribution in [1.29, 1.82) is 5.41 Å². The molecule has 182 valence electrons. The number of hydrogen-bond donors (Lipinski definition) is 1. The second kappa shape index (κ2) is 11.0. The Morgan fingerprint density at radius 3 is 2.29 bits per heavy atom. The first-order chi connectivity index (χ1) is 16.3. The van der Waals surface area contributed by atoms with Crippen molar-refractivity contribution >= 4 is 17.8 Å². The number of nitrogens with one attached hydrogen (secondary N) is 1. The molecule has 0 aromatic heterocycles. The molecule has 1 aliphatic heterocycles. The van der Waals surface area contributed by atoms with E-state index in [0.717, 1.165) is 11.1 Å². The molecule has 1 heterocycles. The molecule has 0 aliphatic carbocycles. The molecule has 34 heavy (non-hydrogen) atoms. The molecule has 0 saturated carbocycles. The standard InChI is InChI=1S/C26H31NO7/c1-6-15(3)33-23(28)14-21-20-12-16(17-10-18(30-4)13-19(11-17)31-5)8-9-22(20)34-25(27)24(21)26(29)32-7-2/h8-13,15,21,24,27H,6-7,14H2,1-5H3/t15-,21-,24?/m0/s1. The van der Waals surface area contributed by atoms with Gasteiger partial charge >= 0.3 is 11.9 Å². The zero-order valence-electron chi connectivity index (χ0n) is 20.2. The molecular weight excluding hydrogens is 438 g/mol. The monoisotopic (exact) mass is 469 g/mol. The molecule has 0 amide bonds. The normalized spacial score (nSPS) is 17.7. The molecule has 0 spiro atoms. The molecule has 1 aliphatic rings. The highest BCUT2D eigenvalue weighted by atomic mass is 16.5. The molecule has 2 aromatic carbocycles. The smallest absolute Gasteiger partial charge is 0.319 e. The van der Waals surface area contributed by atoms with Gasteiger partial charge in [0.15, 0.2) is 0 Å². The quantitative estimate of drug-likeness (QED) is 0.529. The highest BCUT2D eigenvalue weighted by Gasteiger charge is 2.43. The maximum atomic E-state index is 12.8. The number of fused-ring (bicyclic) bond motifs is 1. The fourth-order valence-electron chi connectivity index (χ4n) is 3.90. The van der Waals surface area contributed by atoms with Crippen LogP contribution in [0.5, 0.6) is 17.2 Å². The SMILES string of the molecule is CCOC(=O)C1C(=N)Oc2ccc(-c3cc(OC)cc(OC)c3)cc2[C@@H]1CC(=O)O[C@@H](C)CC. The first kappa shape index (κ1) is 25.1. The van der Waals surface area contributed by atoms with Gasteiger partial charge in [-0.1, -0.05) is 13.0 Å². The van der Waals surface area contributed by atoms with E-state index in [0.29, 0.717) is 29.2 Å². The van der Waals surface area contributed by atoms with Gasteiger partial charge in [-0.2, -0.15) is 0 Å². The van der Waals surface area contributed by atoms with Gasteiger partial charge in [0.1, 0.15) is 23.2 Å². The molecule has 3 atom stereocenters. The maximum Gasteiger partial charge on any atom is 0.319 e. The lowest BCUT2D eigenvalue weighted by atomic mass is 9.80. The van der Waals surface area contributed by atoms with Crippen LogP contribution in [0.1, 0.15) is 45.1 Å². The predicted octanol–water partition coefficient (Wildman–Crippen LogP) is 4.74. The zero-order chi connectivity index (χ0) is 24.8. The van der Waals surface area contributed by atoms with E-state index < -0.39 is 23.8 Å². The molecule has 8 heteroatoms. The minimum absolute atomic E-state index is 0.0859. The lowest BCUT2D eigenvalue weighted by Gasteiger charge is -2.32. The molecule has 0 radical (unpaired) electrons. The largest absolute Gasteiger partial charge is 0.497 e. The van der Waals surface area contributed by atoms with Gasteiger partial charge in [0.05, 0.1) is 33.4 Å². The molecule has 1 unspecified atom stereocenters. The number of esters is 2. The molecule has 0 saturated heterocycles. The highest BCUT2D eigenvalue weighted by Crippen LogP contribution is 2.43. The minimum atomic E-state index is -1.05. The first-order valence-electron chi connectivity index (χ1n) is 11.3. The second-order valence-corrected chi connectivity index (χ2v) is 8.07. The van der Waals surface area contributed by atoms with Crippen LogP contribution >= 0.6 is 0 Å².